The number of benzene rings is 1. The quantitative estimate of drug-likeness (QED) is 0.870. The van der Waals surface area contributed by atoms with Gasteiger partial charge in [0.1, 0.15) is 5.82 Å². The van der Waals surface area contributed by atoms with Crippen molar-refractivity contribution in [1.82, 2.24) is 5.32 Å². The van der Waals surface area contributed by atoms with E-state index in [2.05, 4.69) is 22.8 Å². The van der Waals surface area contributed by atoms with E-state index in [9.17, 15) is 4.39 Å². The van der Waals surface area contributed by atoms with Crippen molar-refractivity contribution in [3.63, 3.8) is 0 Å². The summed E-state index contributed by atoms with van der Waals surface area (Å²) in [5.74, 6) is 0.466. The Labute approximate surface area is 117 Å². The molecule has 1 heterocycles. The molecule has 1 aromatic carbocycles. The third kappa shape index (κ3) is 3.23. The lowest BCUT2D eigenvalue weighted by Crippen LogP contribution is -2.40. The Balaban J connectivity index is 1.39. The summed E-state index contributed by atoms with van der Waals surface area (Å²) in [6.07, 6.45) is 3.47. The van der Waals surface area contributed by atoms with Crippen molar-refractivity contribution in [2.75, 3.05) is 6.54 Å². The maximum atomic E-state index is 12.8. The first kappa shape index (κ1) is 12.8. The third-order valence-electron chi connectivity index (χ3n) is 3.86. The van der Waals surface area contributed by atoms with Crippen LogP contribution >= 0.6 is 11.3 Å². The van der Waals surface area contributed by atoms with Crippen LogP contribution in [0.25, 0.3) is 0 Å². The normalized spacial score (nSPS) is 22.2. The molecular weight excluding hydrogens is 257 g/mol. The van der Waals surface area contributed by atoms with E-state index in [1.807, 2.05) is 23.5 Å². The zero-order chi connectivity index (χ0) is 13.1. The van der Waals surface area contributed by atoms with E-state index in [1.165, 1.54) is 23.3 Å². The number of halogens is 1. The number of thiophene rings is 1. The Morgan fingerprint density at radius 1 is 1.16 bits per heavy atom. The second kappa shape index (κ2) is 5.85. The molecule has 1 saturated carbocycles. The zero-order valence-corrected chi connectivity index (χ0v) is 11.6. The number of hydrogen-bond acceptors (Lipinski definition) is 2. The van der Waals surface area contributed by atoms with Gasteiger partial charge in [0.2, 0.25) is 0 Å². The third-order valence-corrected chi connectivity index (χ3v) is 4.80. The Bertz CT molecular complexity index is 500. The maximum absolute atomic E-state index is 12.8. The first-order valence-electron chi connectivity index (χ1n) is 6.82. The van der Waals surface area contributed by atoms with E-state index in [1.54, 1.807) is 12.1 Å². The lowest BCUT2D eigenvalue weighted by molar-refractivity contribution is 0.293. The summed E-state index contributed by atoms with van der Waals surface area (Å²) in [4.78, 5) is 1.45. The summed E-state index contributed by atoms with van der Waals surface area (Å²) in [5, 5.41) is 5.73. The maximum Gasteiger partial charge on any atom is 0.123 e. The standard InChI is InChI=1S/C16H18FNS/c17-14-5-3-12(4-6-14)13-10-15(11-13)18-8-7-16-2-1-9-19-16/h1-6,9,13,15,18H,7-8,10-11H2. The monoisotopic (exact) mass is 275 g/mol. The molecule has 1 aliphatic rings. The van der Waals surface area contributed by atoms with Crippen LogP contribution in [0.4, 0.5) is 4.39 Å². The Kier molecular flexibility index (Phi) is 3.95. The van der Waals surface area contributed by atoms with E-state index in [4.69, 9.17) is 0 Å². The Morgan fingerprint density at radius 2 is 1.95 bits per heavy atom. The van der Waals surface area contributed by atoms with Crippen molar-refractivity contribution in [1.29, 1.82) is 0 Å². The second-order valence-corrected chi connectivity index (χ2v) is 6.23. The Hall–Kier alpha value is -1.19. The van der Waals surface area contributed by atoms with Crippen LogP contribution in [-0.2, 0) is 6.42 Å². The molecule has 1 N–H and O–H groups in total. The number of hydrogen-bond donors (Lipinski definition) is 1. The molecule has 1 fully saturated rings. The average molecular weight is 275 g/mol. The predicted molar refractivity (Wildman–Crippen MR) is 78.2 cm³/mol. The average Bonchev–Trinajstić information content (AvgIpc) is 2.87. The zero-order valence-electron chi connectivity index (χ0n) is 10.8. The fraction of sp³-hybridized carbons (Fsp3) is 0.375. The van der Waals surface area contributed by atoms with Crippen LogP contribution in [-0.4, -0.2) is 12.6 Å². The molecule has 1 aliphatic carbocycles. The van der Waals surface area contributed by atoms with Gasteiger partial charge in [0.05, 0.1) is 0 Å². The van der Waals surface area contributed by atoms with Crippen LogP contribution in [0.2, 0.25) is 0 Å². The van der Waals surface area contributed by atoms with Crippen molar-refractivity contribution < 1.29 is 4.39 Å². The lowest BCUT2D eigenvalue weighted by atomic mass is 9.76. The molecule has 0 amide bonds. The van der Waals surface area contributed by atoms with E-state index in [0.29, 0.717) is 12.0 Å². The largest absolute Gasteiger partial charge is 0.314 e. The van der Waals surface area contributed by atoms with Gasteiger partial charge in [-0.15, -0.1) is 11.3 Å². The van der Waals surface area contributed by atoms with Gasteiger partial charge in [-0.25, -0.2) is 4.39 Å². The first-order valence-corrected chi connectivity index (χ1v) is 7.70. The smallest absolute Gasteiger partial charge is 0.123 e. The number of nitrogens with one attached hydrogen (secondary N) is 1. The molecule has 0 unspecified atom stereocenters. The molecule has 0 saturated heterocycles. The summed E-state index contributed by atoms with van der Waals surface area (Å²) >= 11 is 1.82. The van der Waals surface area contributed by atoms with E-state index >= 15 is 0 Å². The van der Waals surface area contributed by atoms with E-state index in [-0.39, 0.29) is 5.82 Å². The van der Waals surface area contributed by atoms with Crippen LogP contribution in [0.3, 0.4) is 0 Å². The molecule has 100 valence electrons. The molecule has 3 heteroatoms. The SMILES string of the molecule is Fc1ccc(C2CC(NCCc3cccs3)C2)cc1. The molecule has 1 nitrogen and oxygen atoms in total. The highest BCUT2D eigenvalue weighted by molar-refractivity contribution is 7.09. The van der Waals surface area contributed by atoms with Crippen molar-refractivity contribution >= 4 is 11.3 Å². The minimum Gasteiger partial charge on any atom is -0.314 e. The second-order valence-electron chi connectivity index (χ2n) is 5.20. The van der Waals surface area contributed by atoms with E-state index in [0.717, 1.165) is 13.0 Å². The van der Waals surface area contributed by atoms with Crippen LogP contribution in [0, 0.1) is 5.82 Å². The van der Waals surface area contributed by atoms with Crippen molar-refractivity contribution in [3.8, 4) is 0 Å². The van der Waals surface area contributed by atoms with Gasteiger partial charge >= 0.3 is 0 Å². The molecule has 3 rings (SSSR count). The van der Waals surface area contributed by atoms with Crippen LogP contribution in [0.1, 0.15) is 29.2 Å². The van der Waals surface area contributed by atoms with E-state index < -0.39 is 0 Å². The van der Waals surface area contributed by atoms with Crippen molar-refractivity contribution in [2.45, 2.75) is 31.2 Å². The molecule has 0 radical (unpaired) electrons. The highest BCUT2D eigenvalue weighted by atomic mass is 32.1. The fourth-order valence-electron chi connectivity index (χ4n) is 2.65. The first-order chi connectivity index (χ1) is 9.31. The van der Waals surface area contributed by atoms with Gasteiger partial charge in [0.15, 0.2) is 0 Å². The van der Waals surface area contributed by atoms with Crippen molar-refractivity contribution in [3.05, 3.63) is 58.0 Å². The molecule has 0 atom stereocenters. The van der Waals surface area contributed by atoms with Crippen LogP contribution in [0.5, 0.6) is 0 Å². The van der Waals surface area contributed by atoms with Gasteiger partial charge in [-0.1, -0.05) is 18.2 Å². The summed E-state index contributed by atoms with van der Waals surface area (Å²) in [6, 6.07) is 11.9. The molecule has 0 bridgehead atoms. The van der Waals surface area contributed by atoms with Gasteiger partial charge in [0.25, 0.3) is 0 Å². The van der Waals surface area contributed by atoms with Crippen LogP contribution in [0.15, 0.2) is 41.8 Å². The highest BCUT2D eigenvalue weighted by Crippen LogP contribution is 2.36. The highest BCUT2D eigenvalue weighted by Gasteiger charge is 2.29. The van der Waals surface area contributed by atoms with Gasteiger partial charge in [-0.2, -0.15) is 0 Å². The number of rotatable bonds is 5. The molecule has 1 aromatic heterocycles. The predicted octanol–water partition coefficient (Wildman–Crippen LogP) is 3.97. The topological polar surface area (TPSA) is 12.0 Å². The summed E-state index contributed by atoms with van der Waals surface area (Å²) in [5.41, 5.74) is 1.28. The van der Waals surface area contributed by atoms with Gasteiger partial charge in [-0.3, -0.25) is 0 Å². The molecule has 0 spiro atoms. The molecule has 2 aromatic rings. The molecule has 19 heavy (non-hydrogen) atoms. The summed E-state index contributed by atoms with van der Waals surface area (Å²) in [6.45, 7) is 1.06. The summed E-state index contributed by atoms with van der Waals surface area (Å²) < 4.78 is 12.8. The molecule has 0 aliphatic heterocycles. The Morgan fingerprint density at radius 3 is 2.63 bits per heavy atom. The summed E-state index contributed by atoms with van der Waals surface area (Å²) in [7, 11) is 0. The van der Waals surface area contributed by atoms with Gasteiger partial charge in [0, 0.05) is 17.5 Å². The van der Waals surface area contributed by atoms with Crippen molar-refractivity contribution in [2.24, 2.45) is 0 Å². The molecular formula is C16H18FNS. The lowest BCUT2D eigenvalue weighted by Gasteiger charge is -2.36. The minimum absolute atomic E-state index is 0.145. The van der Waals surface area contributed by atoms with Gasteiger partial charge < -0.3 is 5.32 Å². The minimum atomic E-state index is -0.145. The fourth-order valence-corrected chi connectivity index (χ4v) is 3.35. The van der Waals surface area contributed by atoms with Gasteiger partial charge in [-0.05, 0) is 54.3 Å². The van der Waals surface area contributed by atoms with Crippen LogP contribution < -0.4 is 5.32 Å².